The Labute approximate surface area is 104 Å². The largest absolute Gasteiger partial charge is 0.396 e. The van der Waals surface area contributed by atoms with Crippen molar-refractivity contribution >= 4 is 11.6 Å². The zero-order valence-corrected chi connectivity index (χ0v) is 9.71. The van der Waals surface area contributed by atoms with Crippen LogP contribution in [-0.4, -0.2) is 27.8 Å². The first-order valence-corrected chi connectivity index (χ1v) is 5.57. The summed E-state index contributed by atoms with van der Waals surface area (Å²) in [6.07, 6.45) is 3.50. The number of hydrogen-bond acceptors (Lipinski definition) is 4. The number of carbonyl (C=O) groups is 1. The van der Waals surface area contributed by atoms with Crippen LogP contribution in [0.2, 0.25) is 0 Å². The number of nitrogens with zero attached hydrogens (tertiary/aromatic N) is 2. The smallest absolute Gasteiger partial charge is 0.257 e. The lowest BCUT2D eigenvalue weighted by atomic mass is 10.1. The molecule has 5 nitrogen and oxygen atoms in total. The van der Waals surface area contributed by atoms with Gasteiger partial charge in [0.1, 0.15) is 0 Å². The highest BCUT2D eigenvalue weighted by molar-refractivity contribution is 6.03. The maximum atomic E-state index is 11.8. The minimum absolute atomic E-state index is 0.119. The predicted octanol–water partition coefficient (Wildman–Crippen LogP) is 1.26. The van der Waals surface area contributed by atoms with E-state index in [1.54, 1.807) is 18.2 Å². The lowest BCUT2D eigenvalue weighted by molar-refractivity contribution is 0.102. The van der Waals surface area contributed by atoms with Gasteiger partial charge in [-0.25, -0.2) is 0 Å². The molecule has 2 aromatic rings. The van der Waals surface area contributed by atoms with Gasteiger partial charge in [-0.2, -0.15) is 10.2 Å². The van der Waals surface area contributed by atoms with Crippen molar-refractivity contribution < 1.29 is 9.90 Å². The van der Waals surface area contributed by atoms with Gasteiger partial charge in [0.05, 0.1) is 18.0 Å². The Kier molecular flexibility index (Phi) is 3.98. The van der Waals surface area contributed by atoms with Crippen molar-refractivity contribution in [2.45, 2.75) is 6.42 Å². The van der Waals surface area contributed by atoms with Crippen LogP contribution in [-0.2, 0) is 6.42 Å². The van der Waals surface area contributed by atoms with Crippen molar-refractivity contribution in [1.82, 2.24) is 10.2 Å². The molecule has 0 unspecified atom stereocenters. The minimum atomic E-state index is -0.222. The van der Waals surface area contributed by atoms with Crippen LogP contribution < -0.4 is 5.32 Å². The normalized spacial score (nSPS) is 10.1. The fraction of sp³-hybridized carbons (Fsp3) is 0.154. The number of carbonyl (C=O) groups excluding carboxylic acids is 1. The Bertz CT molecular complexity index is 512. The van der Waals surface area contributed by atoms with E-state index >= 15 is 0 Å². The number of benzene rings is 1. The summed E-state index contributed by atoms with van der Waals surface area (Å²) >= 11 is 0. The third-order valence-electron chi connectivity index (χ3n) is 2.46. The van der Waals surface area contributed by atoms with Crippen LogP contribution in [0.5, 0.6) is 0 Å². The van der Waals surface area contributed by atoms with Crippen LogP contribution in [0.4, 0.5) is 5.69 Å². The summed E-state index contributed by atoms with van der Waals surface area (Å²) in [5.41, 5.74) is 2.20. The first-order valence-electron chi connectivity index (χ1n) is 5.57. The molecule has 0 bridgehead atoms. The molecule has 1 amide bonds. The van der Waals surface area contributed by atoms with Crippen LogP contribution in [0, 0.1) is 0 Å². The highest BCUT2D eigenvalue weighted by Gasteiger charge is 2.05. The third-order valence-corrected chi connectivity index (χ3v) is 2.46. The molecule has 0 atom stereocenters. The van der Waals surface area contributed by atoms with Crippen LogP contribution >= 0.6 is 0 Å². The van der Waals surface area contributed by atoms with E-state index in [-0.39, 0.29) is 12.5 Å². The molecule has 0 saturated carbocycles. The molecular formula is C13H13N3O2. The van der Waals surface area contributed by atoms with Crippen molar-refractivity contribution in [2.24, 2.45) is 0 Å². The summed E-state index contributed by atoms with van der Waals surface area (Å²) in [5, 5.41) is 18.8. The van der Waals surface area contributed by atoms with E-state index in [0.29, 0.717) is 17.7 Å². The molecule has 18 heavy (non-hydrogen) atoms. The number of anilines is 1. The van der Waals surface area contributed by atoms with Gasteiger partial charge in [0.25, 0.3) is 5.91 Å². The lowest BCUT2D eigenvalue weighted by Crippen LogP contribution is -2.12. The number of nitrogens with one attached hydrogen (secondary N) is 1. The highest BCUT2D eigenvalue weighted by atomic mass is 16.2. The SMILES string of the molecule is O=C(Nc1ccc(CCO)cc1)c1ccnnc1. The monoisotopic (exact) mass is 243 g/mol. The summed E-state index contributed by atoms with van der Waals surface area (Å²) in [6, 6.07) is 8.95. The van der Waals surface area contributed by atoms with E-state index in [9.17, 15) is 4.79 Å². The Morgan fingerprint density at radius 1 is 1.17 bits per heavy atom. The first-order chi connectivity index (χ1) is 8.79. The van der Waals surface area contributed by atoms with E-state index in [2.05, 4.69) is 15.5 Å². The van der Waals surface area contributed by atoms with Crippen molar-refractivity contribution in [1.29, 1.82) is 0 Å². The summed E-state index contributed by atoms with van der Waals surface area (Å²) in [6.45, 7) is 0.119. The minimum Gasteiger partial charge on any atom is -0.396 e. The number of rotatable bonds is 4. The number of aromatic nitrogens is 2. The van der Waals surface area contributed by atoms with Gasteiger partial charge in [0.15, 0.2) is 0 Å². The molecule has 0 aliphatic carbocycles. The first kappa shape index (κ1) is 12.2. The molecule has 2 N–H and O–H groups in total. The molecule has 0 aliphatic rings. The van der Waals surface area contributed by atoms with Gasteiger partial charge >= 0.3 is 0 Å². The van der Waals surface area contributed by atoms with E-state index in [1.807, 2.05) is 12.1 Å². The van der Waals surface area contributed by atoms with E-state index in [4.69, 9.17) is 5.11 Å². The topological polar surface area (TPSA) is 75.1 Å². The average Bonchev–Trinajstić information content (AvgIpc) is 2.42. The fourth-order valence-electron chi connectivity index (χ4n) is 1.51. The molecule has 1 heterocycles. The van der Waals surface area contributed by atoms with Gasteiger partial charge < -0.3 is 10.4 Å². The summed E-state index contributed by atoms with van der Waals surface area (Å²) in [5.74, 6) is -0.222. The van der Waals surface area contributed by atoms with E-state index in [1.165, 1.54) is 12.4 Å². The zero-order chi connectivity index (χ0) is 12.8. The van der Waals surface area contributed by atoms with Crippen molar-refractivity contribution in [2.75, 3.05) is 11.9 Å². The van der Waals surface area contributed by atoms with E-state index < -0.39 is 0 Å². The molecule has 0 saturated heterocycles. The number of amides is 1. The Balaban J connectivity index is 2.03. The third kappa shape index (κ3) is 3.11. The lowest BCUT2D eigenvalue weighted by Gasteiger charge is -2.05. The molecule has 2 rings (SSSR count). The fourth-order valence-corrected chi connectivity index (χ4v) is 1.51. The second-order valence-electron chi connectivity index (χ2n) is 3.76. The maximum Gasteiger partial charge on any atom is 0.257 e. The molecule has 5 heteroatoms. The van der Waals surface area contributed by atoms with Crippen molar-refractivity contribution in [3.05, 3.63) is 53.9 Å². The van der Waals surface area contributed by atoms with Crippen molar-refractivity contribution in [3.8, 4) is 0 Å². The molecule has 0 radical (unpaired) electrons. The highest BCUT2D eigenvalue weighted by Crippen LogP contribution is 2.11. The molecule has 1 aromatic heterocycles. The summed E-state index contributed by atoms with van der Waals surface area (Å²) < 4.78 is 0. The van der Waals surface area contributed by atoms with Gasteiger partial charge in [-0.15, -0.1) is 0 Å². The predicted molar refractivity (Wildman–Crippen MR) is 67.2 cm³/mol. The molecule has 0 fully saturated rings. The second-order valence-corrected chi connectivity index (χ2v) is 3.76. The van der Waals surface area contributed by atoms with Crippen LogP contribution in [0.1, 0.15) is 15.9 Å². The van der Waals surface area contributed by atoms with Gasteiger partial charge in [-0.05, 0) is 30.2 Å². The van der Waals surface area contributed by atoms with Crippen LogP contribution in [0.15, 0.2) is 42.7 Å². The van der Waals surface area contributed by atoms with Gasteiger partial charge in [0.2, 0.25) is 0 Å². The zero-order valence-electron chi connectivity index (χ0n) is 9.71. The molecule has 0 spiro atoms. The Morgan fingerprint density at radius 2 is 1.94 bits per heavy atom. The molecule has 0 aliphatic heterocycles. The summed E-state index contributed by atoms with van der Waals surface area (Å²) in [4.78, 5) is 11.8. The maximum absolute atomic E-state index is 11.8. The molecule has 92 valence electrons. The number of aliphatic hydroxyl groups is 1. The van der Waals surface area contributed by atoms with Gasteiger partial charge in [0, 0.05) is 12.3 Å². The molecule has 1 aromatic carbocycles. The Morgan fingerprint density at radius 3 is 2.56 bits per heavy atom. The number of hydrogen-bond donors (Lipinski definition) is 2. The quantitative estimate of drug-likeness (QED) is 0.847. The van der Waals surface area contributed by atoms with Crippen LogP contribution in [0.25, 0.3) is 0 Å². The Hall–Kier alpha value is -2.27. The standard InChI is InChI=1S/C13H13N3O2/c17-8-6-10-1-3-12(4-2-10)16-13(18)11-5-7-14-15-9-11/h1-5,7,9,17H,6,8H2,(H,16,18). The van der Waals surface area contributed by atoms with Crippen LogP contribution in [0.3, 0.4) is 0 Å². The number of aliphatic hydroxyl groups excluding tert-OH is 1. The van der Waals surface area contributed by atoms with Gasteiger partial charge in [-0.1, -0.05) is 12.1 Å². The van der Waals surface area contributed by atoms with Gasteiger partial charge in [-0.3, -0.25) is 4.79 Å². The molecular weight excluding hydrogens is 230 g/mol. The van der Waals surface area contributed by atoms with E-state index in [0.717, 1.165) is 5.56 Å². The average molecular weight is 243 g/mol. The van der Waals surface area contributed by atoms with Crippen molar-refractivity contribution in [3.63, 3.8) is 0 Å². The second kappa shape index (κ2) is 5.88. The summed E-state index contributed by atoms with van der Waals surface area (Å²) in [7, 11) is 0.